The molecule has 0 spiro atoms. The van der Waals surface area contributed by atoms with Crippen molar-refractivity contribution in [2.24, 2.45) is 5.92 Å². The van der Waals surface area contributed by atoms with Gasteiger partial charge in [0.2, 0.25) is 5.82 Å². The van der Waals surface area contributed by atoms with Gasteiger partial charge in [0, 0.05) is 12.4 Å². The van der Waals surface area contributed by atoms with E-state index in [1.54, 1.807) is 12.4 Å². The van der Waals surface area contributed by atoms with Crippen molar-refractivity contribution < 1.29 is 9.53 Å². The fourth-order valence-electron chi connectivity index (χ4n) is 2.56. The Morgan fingerprint density at radius 2 is 1.72 bits per heavy atom. The molecule has 0 aliphatic heterocycles. The van der Waals surface area contributed by atoms with E-state index in [-0.39, 0.29) is 5.82 Å². The van der Waals surface area contributed by atoms with Crippen molar-refractivity contribution >= 4 is 5.97 Å². The Morgan fingerprint density at radius 3 is 2.32 bits per heavy atom. The molecule has 0 aliphatic rings. The molecule has 0 N–H and O–H groups in total. The quantitative estimate of drug-likeness (QED) is 0.365. The van der Waals surface area contributed by atoms with Crippen molar-refractivity contribution in [3.63, 3.8) is 0 Å². The van der Waals surface area contributed by atoms with Gasteiger partial charge >= 0.3 is 5.97 Å². The van der Waals surface area contributed by atoms with Crippen molar-refractivity contribution in [3.05, 3.63) is 53.6 Å². The Kier molecular flexibility index (Phi) is 7.58. The molecule has 1 heterocycles. The minimum absolute atomic E-state index is 0.0999. The van der Waals surface area contributed by atoms with Crippen LogP contribution >= 0.6 is 0 Å². The van der Waals surface area contributed by atoms with Gasteiger partial charge in [-0.3, -0.25) is 0 Å². The van der Waals surface area contributed by atoms with Crippen LogP contribution in [-0.2, 0) is 12.8 Å². The second kappa shape index (κ2) is 9.92. The molecular formula is C21H28N2O2. The maximum Gasteiger partial charge on any atom is 0.381 e. The molecular weight excluding hydrogens is 312 g/mol. The van der Waals surface area contributed by atoms with E-state index < -0.39 is 5.97 Å². The second-order valence-electron chi connectivity index (χ2n) is 6.62. The lowest BCUT2D eigenvalue weighted by Crippen LogP contribution is -2.13. The van der Waals surface area contributed by atoms with Gasteiger partial charge in [-0.1, -0.05) is 52.2 Å². The minimum Gasteiger partial charge on any atom is -0.421 e. The minimum atomic E-state index is -0.519. The van der Waals surface area contributed by atoms with Gasteiger partial charge in [-0.25, -0.2) is 14.8 Å². The number of benzene rings is 1. The monoisotopic (exact) mass is 340 g/mol. The highest BCUT2D eigenvalue weighted by Crippen LogP contribution is 2.17. The van der Waals surface area contributed by atoms with Gasteiger partial charge in [0.1, 0.15) is 5.75 Å². The smallest absolute Gasteiger partial charge is 0.381 e. The van der Waals surface area contributed by atoms with Crippen molar-refractivity contribution in [1.82, 2.24) is 9.97 Å². The van der Waals surface area contributed by atoms with Crippen molar-refractivity contribution in [2.75, 3.05) is 0 Å². The van der Waals surface area contributed by atoms with E-state index in [0.717, 1.165) is 31.2 Å². The summed E-state index contributed by atoms with van der Waals surface area (Å²) >= 11 is 0. The summed E-state index contributed by atoms with van der Waals surface area (Å²) in [5.41, 5.74) is 2.31. The van der Waals surface area contributed by atoms with Gasteiger partial charge < -0.3 is 4.74 Å². The molecule has 134 valence electrons. The molecule has 1 aromatic heterocycles. The number of esters is 1. The van der Waals surface area contributed by atoms with Crippen molar-refractivity contribution in [2.45, 2.75) is 59.3 Å². The lowest BCUT2D eigenvalue weighted by atomic mass is 9.99. The highest BCUT2D eigenvalue weighted by atomic mass is 16.5. The number of carbonyl (C=O) groups is 1. The van der Waals surface area contributed by atoms with E-state index in [9.17, 15) is 4.79 Å². The topological polar surface area (TPSA) is 52.1 Å². The number of aromatic nitrogens is 2. The zero-order valence-electron chi connectivity index (χ0n) is 15.5. The Labute approximate surface area is 150 Å². The molecule has 4 heteroatoms. The fourth-order valence-corrected chi connectivity index (χ4v) is 2.56. The van der Waals surface area contributed by atoms with Crippen LogP contribution < -0.4 is 4.74 Å². The molecule has 2 aromatic rings. The SMILES string of the molecule is CCCCCc1cnc(C(=O)Oc2ccc(C[C@@H](C)CC)cc2)nc1. The first kappa shape index (κ1) is 19.1. The summed E-state index contributed by atoms with van der Waals surface area (Å²) in [4.78, 5) is 20.4. The van der Waals surface area contributed by atoms with Crippen molar-refractivity contribution in [1.29, 1.82) is 0 Å². The third kappa shape index (κ3) is 6.29. The van der Waals surface area contributed by atoms with Crippen LogP contribution in [-0.4, -0.2) is 15.9 Å². The Balaban J connectivity index is 1.90. The highest BCUT2D eigenvalue weighted by molar-refractivity contribution is 5.86. The van der Waals surface area contributed by atoms with E-state index >= 15 is 0 Å². The van der Waals surface area contributed by atoms with E-state index in [0.29, 0.717) is 11.7 Å². The highest BCUT2D eigenvalue weighted by Gasteiger charge is 2.12. The standard InChI is InChI=1S/C21H28N2O2/c1-4-6-7-8-18-14-22-20(23-15-18)21(24)25-19-11-9-17(10-12-19)13-16(3)5-2/h9-12,14-16H,4-8,13H2,1-3H3/t16-/m0/s1. The van der Waals surface area contributed by atoms with E-state index in [1.165, 1.54) is 18.4 Å². The van der Waals surface area contributed by atoms with E-state index in [2.05, 4.69) is 30.7 Å². The normalized spacial score (nSPS) is 12.0. The lowest BCUT2D eigenvalue weighted by Gasteiger charge is -2.09. The number of ether oxygens (including phenoxy) is 1. The summed E-state index contributed by atoms with van der Waals surface area (Å²) < 4.78 is 5.36. The summed E-state index contributed by atoms with van der Waals surface area (Å²) in [7, 11) is 0. The average Bonchev–Trinajstić information content (AvgIpc) is 2.64. The summed E-state index contributed by atoms with van der Waals surface area (Å²) in [6.07, 6.45) is 10.1. The summed E-state index contributed by atoms with van der Waals surface area (Å²) in [6.45, 7) is 6.60. The predicted octanol–water partition coefficient (Wildman–Crippen LogP) is 5.02. The molecule has 1 aromatic carbocycles. The first-order valence-corrected chi connectivity index (χ1v) is 9.24. The molecule has 0 fully saturated rings. The number of hydrogen-bond acceptors (Lipinski definition) is 4. The summed E-state index contributed by atoms with van der Waals surface area (Å²) in [5, 5.41) is 0. The second-order valence-corrected chi connectivity index (χ2v) is 6.62. The Bertz CT molecular complexity index is 651. The number of aryl methyl sites for hydroxylation is 1. The number of carbonyl (C=O) groups excluding carboxylic acids is 1. The van der Waals surface area contributed by atoms with Crippen LogP contribution in [0.25, 0.3) is 0 Å². The third-order valence-corrected chi connectivity index (χ3v) is 4.37. The van der Waals surface area contributed by atoms with Crippen LogP contribution in [0.1, 0.15) is 68.2 Å². The molecule has 0 aliphatic carbocycles. The third-order valence-electron chi connectivity index (χ3n) is 4.37. The van der Waals surface area contributed by atoms with Gasteiger partial charge in [-0.15, -0.1) is 0 Å². The first-order valence-electron chi connectivity index (χ1n) is 9.24. The van der Waals surface area contributed by atoms with Crippen molar-refractivity contribution in [3.8, 4) is 5.75 Å². The summed E-state index contributed by atoms with van der Waals surface area (Å²) in [6, 6.07) is 7.67. The Morgan fingerprint density at radius 1 is 1.04 bits per heavy atom. The number of nitrogens with zero attached hydrogens (tertiary/aromatic N) is 2. The van der Waals surface area contributed by atoms with Gasteiger partial charge in [0.15, 0.2) is 0 Å². The summed E-state index contributed by atoms with van der Waals surface area (Å²) in [5.74, 6) is 0.754. The van der Waals surface area contributed by atoms with E-state index in [1.807, 2.05) is 24.3 Å². The lowest BCUT2D eigenvalue weighted by molar-refractivity contribution is 0.0721. The molecule has 2 rings (SSSR count). The van der Waals surface area contributed by atoms with Crippen LogP contribution in [0.15, 0.2) is 36.7 Å². The van der Waals surface area contributed by atoms with Gasteiger partial charge in [0.05, 0.1) is 0 Å². The first-order chi connectivity index (χ1) is 12.1. The van der Waals surface area contributed by atoms with Crippen LogP contribution in [0.4, 0.5) is 0 Å². The number of hydrogen-bond donors (Lipinski definition) is 0. The maximum absolute atomic E-state index is 12.1. The zero-order chi connectivity index (χ0) is 18.1. The predicted molar refractivity (Wildman–Crippen MR) is 99.8 cm³/mol. The molecule has 1 atom stereocenters. The number of rotatable bonds is 9. The molecule has 25 heavy (non-hydrogen) atoms. The molecule has 0 saturated carbocycles. The molecule has 0 radical (unpaired) electrons. The van der Waals surface area contributed by atoms with E-state index in [4.69, 9.17) is 4.74 Å². The molecule has 0 amide bonds. The largest absolute Gasteiger partial charge is 0.421 e. The number of unbranched alkanes of at least 4 members (excludes halogenated alkanes) is 2. The van der Waals surface area contributed by atoms with Crippen LogP contribution in [0, 0.1) is 5.92 Å². The van der Waals surface area contributed by atoms with Gasteiger partial charge in [-0.2, -0.15) is 0 Å². The Hall–Kier alpha value is -2.23. The fraction of sp³-hybridized carbons (Fsp3) is 0.476. The van der Waals surface area contributed by atoms with Gasteiger partial charge in [0.25, 0.3) is 0 Å². The molecule has 0 bridgehead atoms. The van der Waals surface area contributed by atoms with Crippen LogP contribution in [0.5, 0.6) is 5.75 Å². The van der Waals surface area contributed by atoms with Gasteiger partial charge in [-0.05, 0) is 48.4 Å². The van der Waals surface area contributed by atoms with Crippen LogP contribution in [0.2, 0.25) is 0 Å². The average molecular weight is 340 g/mol. The molecule has 0 unspecified atom stereocenters. The maximum atomic E-state index is 12.1. The van der Waals surface area contributed by atoms with Crippen LogP contribution in [0.3, 0.4) is 0 Å². The molecule has 4 nitrogen and oxygen atoms in total. The zero-order valence-corrected chi connectivity index (χ0v) is 15.5. The molecule has 0 saturated heterocycles.